The van der Waals surface area contributed by atoms with Gasteiger partial charge in [-0.15, -0.1) is 0 Å². The maximum absolute atomic E-state index is 5.97. The molecule has 1 N–H and O–H groups in total. The van der Waals surface area contributed by atoms with E-state index in [2.05, 4.69) is 69.4 Å². The molecule has 0 saturated carbocycles. The summed E-state index contributed by atoms with van der Waals surface area (Å²) in [5.74, 6) is 1.54. The second-order valence-electron chi connectivity index (χ2n) is 5.92. The highest BCUT2D eigenvalue weighted by atomic mass is 16.5. The van der Waals surface area contributed by atoms with Crippen molar-refractivity contribution in [1.82, 2.24) is 0 Å². The monoisotopic (exact) mass is 297 g/mol. The maximum Gasteiger partial charge on any atom is 0.122 e. The number of aryl methyl sites for hydroxylation is 2. The highest BCUT2D eigenvalue weighted by molar-refractivity contribution is 5.48. The summed E-state index contributed by atoms with van der Waals surface area (Å²) in [6.45, 7) is 10.2. The van der Waals surface area contributed by atoms with Crippen molar-refractivity contribution in [2.75, 3.05) is 18.5 Å². The van der Waals surface area contributed by atoms with E-state index in [0.717, 1.165) is 24.4 Å². The number of anilines is 1. The summed E-state index contributed by atoms with van der Waals surface area (Å²) in [6.07, 6.45) is 1.13. The van der Waals surface area contributed by atoms with Gasteiger partial charge in [0.05, 0.1) is 0 Å². The number of ether oxygens (including phenoxy) is 1. The van der Waals surface area contributed by atoms with Crippen molar-refractivity contribution < 1.29 is 4.74 Å². The molecule has 0 saturated heterocycles. The molecule has 22 heavy (non-hydrogen) atoms. The van der Waals surface area contributed by atoms with E-state index < -0.39 is 0 Å². The number of rotatable bonds is 7. The van der Waals surface area contributed by atoms with E-state index in [0.29, 0.717) is 12.5 Å². The Bertz CT molecular complexity index is 606. The molecule has 2 aromatic carbocycles. The summed E-state index contributed by atoms with van der Waals surface area (Å²) in [7, 11) is 0. The molecule has 0 spiro atoms. The normalized spacial score (nSPS) is 12.0. The zero-order valence-corrected chi connectivity index (χ0v) is 14.1. The van der Waals surface area contributed by atoms with E-state index in [-0.39, 0.29) is 0 Å². The smallest absolute Gasteiger partial charge is 0.122 e. The van der Waals surface area contributed by atoms with Gasteiger partial charge in [-0.1, -0.05) is 38.1 Å². The van der Waals surface area contributed by atoms with Crippen LogP contribution in [0.1, 0.15) is 42.9 Å². The fraction of sp³-hybridized carbons (Fsp3) is 0.400. The molecule has 2 aromatic rings. The first-order valence-electron chi connectivity index (χ1n) is 8.14. The minimum atomic E-state index is 0.531. The summed E-state index contributed by atoms with van der Waals surface area (Å²) in [5, 5.41) is 3.42. The van der Waals surface area contributed by atoms with Gasteiger partial charge in [0, 0.05) is 12.2 Å². The molecule has 2 rings (SSSR count). The molecular formula is C20H27NO. The van der Waals surface area contributed by atoms with E-state index in [9.17, 15) is 0 Å². The lowest BCUT2D eigenvalue weighted by atomic mass is 9.98. The van der Waals surface area contributed by atoms with Crippen LogP contribution in [0.2, 0.25) is 0 Å². The molecule has 1 atom stereocenters. The third-order valence-corrected chi connectivity index (χ3v) is 4.26. The molecule has 0 fully saturated rings. The van der Waals surface area contributed by atoms with Crippen LogP contribution < -0.4 is 10.1 Å². The summed E-state index contributed by atoms with van der Waals surface area (Å²) < 4.78 is 5.97. The molecule has 0 aliphatic heterocycles. The second-order valence-corrected chi connectivity index (χ2v) is 5.92. The average Bonchev–Trinajstić information content (AvgIpc) is 2.54. The van der Waals surface area contributed by atoms with Gasteiger partial charge in [0.15, 0.2) is 0 Å². The lowest BCUT2D eigenvalue weighted by Gasteiger charge is -2.16. The zero-order chi connectivity index (χ0) is 15.9. The average molecular weight is 297 g/mol. The maximum atomic E-state index is 5.97. The molecule has 0 bridgehead atoms. The first-order chi connectivity index (χ1) is 10.6. The second kappa shape index (κ2) is 7.88. The number of hydrogen-bond donors (Lipinski definition) is 1. The predicted octanol–water partition coefficient (Wildman–Crippen LogP) is 5.31. The molecule has 0 radical (unpaired) electrons. The van der Waals surface area contributed by atoms with Gasteiger partial charge in [-0.3, -0.25) is 0 Å². The highest BCUT2D eigenvalue weighted by Gasteiger charge is 2.09. The Kier molecular flexibility index (Phi) is 5.88. The van der Waals surface area contributed by atoms with Crippen LogP contribution in [0.4, 0.5) is 5.69 Å². The van der Waals surface area contributed by atoms with Crippen molar-refractivity contribution in [3.05, 3.63) is 59.2 Å². The molecule has 118 valence electrons. The Hall–Kier alpha value is -1.96. The molecular weight excluding hydrogens is 270 g/mol. The minimum Gasteiger partial charge on any atom is -0.491 e. The van der Waals surface area contributed by atoms with Crippen molar-refractivity contribution in [3.63, 3.8) is 0 Å². The van der Waals surface area contributed by atoms with Gasteiger partial charge in [0.1, 0.15) is 12.4 Å². The fourth-order valence-corrected chi connectivity index (χ4v) is 2.45. The van der Waals surface area contributed by atoms with Crippen LogP contribution in [-0.2, 0) is 0 Å². The number of benzene rings is 2. The van der Waals surface area contributed by atoms with E-state index >= 15 is 0 Å². The quantitative estimate of drug-likeness (QED) is 0.699. The molecule has 0 amide bonds. The van der Waals surface area contributed by atoms with Crippen molar-refractivity contribution in [1.29, 1.82) is 0 Å². The summed E-state index contributed by atoms with van der Waals surface area (Å²) >= 11 is 0. The van der Waals surface area contributed by atoms with Crippen molar-refractivity contribution >= 4 is 5.69 Å². The lowest BCUT2D eigenvalue weighted by Crippen LogP contribution is -2.12. The Morgan fingerprint density at radius 1 is 1.05 bits per heavy atom. The van der Waals surface area contributed by atoms with Crippen LogP contribution in [0.15, 0.2) is 42.5 Å². The predicted molar refractivity (Wildman–Crippen MR) is 95.0 cm³/mol. The number of nitrogens with one attached hydrogen (secondary N) is 1. The van der Waals surface area contributed by atoms with Crippen LogP contribution in [0.3, 0.4) is 0 Å². The Morgan fingerprint density at radius 2 is 1.82 bits per heavy atom. The van der Waals surface area contributed by atoms with Crippen molar-refractivity contribution in [2.24, 2.45) is 0 Å². The largest absolute Gasteiger partial charge is 0.491 e. The zero-order valence-electron chi connectivity index (χ0n) is 14.1. The standard InChI is InChI=1S/C20H27NO/c1-5-15(2)19-8-6-7-9-20(19)22-13-12-21-18-11-10-16(3)17(4)14-18/h6-11,14-15,21H,5,12-13H2,1-4H3/t15-/m0/s1. The fourth-order valence-electron chi connectivity index (χ4n) is 2.45. The topological polar surface area (TPSA) is 21.3 Å². The summed E-state index contributed by atoms with van der Waals surface area (Å²) in [4.78, 5) is 0. The van der Waals surface area contributed by atoms with Crippen LogP contribution >= 0.6 is 0 Å². The number of para-hydroxylation sites is 1. The third kappa shape index (κ3) is 4.27. The Balaban J connectivity index is 1.87. The summed E-state index contributed by atoms with van der Waals surface area (Å²) in [5.41, 5.74) is 5.09. The minimum absolute atomic E-state index is 0.531. The van der Waals surface area contributed by atoms with Crippen LogP contribution in [0.25, 0.3) is 0 Å². The first kappa shape index (κ1) is 16.4. The SMILES string of the molecule is CC[C@H](C)c1ccccc1OCCNc1ccc(C)c(C)c1. The van der Waals surface area contributed by atoms with Gasteiger partial charge in [-0.05, 0) is 61.1 Å². The molecule has 0 aromatic heterocycles. The highest BCUT2D eigenvalue weighted by Crippen LogP contribution is 2.28. The van der Waals surface area contributed by atoms with E-state index in [1.54, 1.807) is 0 Å². The summed E-state index contributed by atoms with van der Waals surface area (Å²) in [6, 6.07) is 14.8. The van der Waals surface area contributed by atoms with Gasteiger partial charge in [0.2, 0.25) is 0 Å². The van der Waals surface area contributed by atoms with Crippen LogP contribution in [0, 0.1) is 13.8 Å². The molecule has 0 heterocycles. The van der Waals surface area contributed by atoms with Gasteiger partial charge in [0.25, 0.3) is 0 Å². The molecule has 0 aliphatic rings. The van der Waals surface area contributed by atoms with Crippen molar-refractivity contribution in [2.45, 2.75) is 40.0 Å². The van der Waals surface area contributed by atoms with Gasteiger partial charge >= 0.3 is 0 Å². The van der Waals surface area contributed by atoms with Crippen LogP contribution in [0.5, 0.6) is 5.75 Å². The Morgan fingerprint density at radius 3 is 2.55 bits per heavy atom. The van der Waals surface area contributed by atoms with Gasteiger partial charge in [-0.25, -0.2) is 0 Å². The molecule has 0 unspecified atom stereocenters. The van der Waals surface area contributed by atoms with Crippen molar-refractivity contribution in [3.8, 4) is 5.75 Å². The van der Waals surface area contributed by atoms with E-state index in [1.807, 2.05) is 6.07 Å². The Labute approximate surface area is 134 Å². The lowest BCUT2D eigenvalue weighted by molar-refractivity contribution is 0.327. The third-order valence-electron chi connectivity index (χ3n) is 4.26. The van der Waals surface area contributed by atoms with E-state index in [4.69, 9.17) is 4.74 Å². The molecule has 2 heteroatoms. The molecule has 0 aliphatic carbocycles. The van der Waals surface area contributed by atoms with Gasteiger partial charge < -0.3 is 10.1 Å². The van der Waals surface area contributed by atoms with Gasteiger partial charge in [-0.2, -0.15) is 0 Å². The number of hydrogen-bond acceptors (Lipinski definition) is 2. The van der Waals surface area contributed by atoms with Crippen LogP contribution in [-0.4, -0.2) is 13.2 Å². The molecule has 2 nitrogen and oxygen atoms in total. The first-order valence-corrected chi connectivity index (χ1v) is 8.14. The van der Waals surface area contributed by atoms with E-state index in [1.165, 1.54) is 16.7 Å².